The highest BCUT2D eigenvalue weighted by Gasteiger charge is 2.34. The van der Waals surface area contributed by atoms with E-state index in [-0.39, 0.29) is 0 Å². The first kappa shape index (κ1) is 8.73. The molecule has 8 heavy (non-hydrogen) atoms. The van der Waals surface area contributed by atoms with Gasteiger partial charge < -0.3 is 0 Å². The summed E-state index contributed by atoms with van der Waals surface area (Å²) in [5.74, 6) is -0.465. The smallest absolute Gasteiger partial charge is 0.207 e. The molecule has 0 aliphatic rings. The molecule has 0 rings (SSSR count). The van der Waals surface area contributed by atoms with Crippen molar-refractivity contribution >= 4 is 34.8 Å². The van der Waals surface area contributed by atoms with E-state index >= 15 is 0 Å². The van der Waals surface area contributed by atoms with Crippen molar-refractivity contribution in [3.63, 3.8) is 0 Å². The van der Waals surface area contributed by atoms with Gasteiger partial charge >= 0.3 is 0 Å². The fraction of sp³-hybridized carbons (Fsp3) is 1.00. The zero-order valence-corrected chi connectivity index (χ0v) is 5.94. The van der Waals surface area contributed by atoms with Crippen LogP contribution in [0.15, 0.2) is 0 Å². The van der Waals surface area contributed by atoms with E-state index in [1.807, 2.05) is 0 Å². The topological polar surface area (TPSA) is 0 Å². The van der Waals surface area contributed by atoms with E-state index in [9.17, 15) is 8.78 Å². The average molecular weight is 183 g/mol. The predicted molar refractivity (Wildman–Crippen MR) is 31.2 cm³/mol. The molecule has 0 saturated heterocycles. The van der Waals surface area contributed by atoms with E-state index < -0.39 is 16.6 Å². The van der Waals surface area contributed by atoms with Crippen LogP contribution in [0.3, 0.4) is 0 Å². The molecule has 0 fully saturated rings. The summed E-state index contributed by atoms with van der Waals surface area (Å²) in [5.41, 5.74) is 0. The fourth-order valence-corrected chi connectivity index (χ4v) is 0.175. The minimum absolute atomic E-state index is 0.465. The molecule has 0 unspecified atom stereocenters. The highest BCUT2D eigenvalue weighted by Crippen LogP contribution is 2.29. The molecular weight excluding hydrogens is 180 g/mol. The summed E-state index contributed by atoms with van der Waals surface area (Å²) in [6.07, 6.45) is -2.79. The van der Waals surface area contributed by atoms with Gasteiger partial charge in [0.15, 0.2) is 4.33 Å². The van der Waals surface area contributed by atoms with E-state index in [2.05, 4.69) is 0 Å². The Hall–Kier alpha value is 0.730. The summed E-state index contributed by atoms with van der Waals surface area (Å²) in [5, 5.41) is 0. The second-order valence-corrected chi connectivity index (χ2v) is 3.01. The van der Waals surface area contributed by atoms with E-state index in [0.717, 1.165) is 0 Å². The zero-order valence-electron chi connectivity index (χ0n) is 3.67. The minimum atomic E-state index is -2.79. The number of rotatable bonds is 2. The van der Waals surface area contributed by atoms with Crippen molar-refractivity contribution in [1.29, 1.82) is 0 Å². The van der Waals surface area contributed by atoms with E-state index in [4.69, 9.17) is 34.8 Å². The molecule has 0 bridgehead atoms. The second kappa shape index (κ2) is 3.04. The van der Waals surface area contributed by atoms with Crippen molar-refractivity contribution in [2.45, 2.75) is 10.8 Å². The van der Waals surface area contributed by atoms with Gasteiger partial charge in [-0.15, -0.1) is 11.6 Å². The lowest BCUT2D eigenvalue weighted by atomic mass is 10.5. The molecule has 0 amide bonds. The third-order valence-electron chi connectivity index (χ3n) is 0.497. The van der Waals surface area contributed by atoms with Gasteiger partial charge in [-0.05, 0) is 0 Å². The highest BCUT2D eigenvalue weighted by atomic mass is 35.5. The van der Waals surface area contributed by atoms with Crippen LogP contribution >= 0.6 is 34.8 Å². The lowest BCUT2D eigenvalue weighted by Crippen LogP contribution is -2.25. The number of hydrogen-bond donors (Lipinski definition) is 0. The standard InChI is InChI=1S/C3H3Cl3F2/c4-1-3(5,6)2(7)8/h2H,1H2. The summed E-state index contributed by atoms with van der Waals surface area (Å²) in [4.78, 5) is 0. The molecule has 0 atom stereocenters. The molecule has 0 nitrogen and oxygen atoms in total. The van der Waals surface area contributed by atoms with Gasteiger partial charge in [-0.3, -0.25) is 0 Å². The Balaban J connectivity index is 3.71. The number of alkyl halides is 5. The lowest BCUT2D eigenvalue weighted by Gasteiger charge is -2.12. The molecule has 0 aromatic carbocycles. The SMILES string of the molecule is FC(F)C(Cl)(Cl)CCl. The Morgan fingerprint density at radius 3 is 1.75 bits per heavy atom. The summed E-state index contributed by atoms with van der Waals surface area (Å²) in [6, 6.07) is 0. The zero-order chi connectivity index (χ0) is 6.78. The van der Waals surface area contributed by atoms with E-state index in [1.165, 1.54) is 0 Å². The maximum Gasteiger partial charge on any atom is 0.272 e. The third kappa shape index (κ3) is 2.33. The summed E-state index contributed by atoms with van der Waals surface area (Å²) >= 11 is 14.8. The predicted octanol–water partition coefficient (Wildman–Crippen LogP) is 2.66. The molecule has 0 radical (unpaired) electrons. The van der Waals surface area contributed by atoms with Crippen molar-refractivity contribution in [3.05, 3.63) is 0 Å². The second-order valence-electron chi connectivity index (χ2n) is 1.20. The van der Waals surface area contributed by atoms with Crippen LogP contribution in [0.5, 0.6) is 0 Å². The van der Waals surface area contributed by atoms with Crippen LogP contribution < -0.4 is 0 Å². The van der Waals surface area contributed by atoms with Crippen LogP contribution in [0.4, 0.5) is 8.78 Å². The van der Waals surface area contributed by atoms with Gasteiger partial charge in [-0.2, -0.15) is 0 Å². The van der Waals surface area contributed by atoms with E-state index in [1.54, 1.807) is 0 Å². The Labute approximate surface area is 60.7 Å². The first-order chi connectivity index (χ1) is 3.50. The molecule has 0 saturated carbocycles. The Kier molecular flexibility index (Phi) is 3.32. The van der Waals surface area contributed by atoms with Crippen LogP contribution in [0.25, 0.3) is 0 Å². The molecular formula is C3H3Cl3F2. The quantitative estimate of drug-likeness (QED) is 0.578. The van der Waals surface area contributed by atoms with Crippen molar-refractivity contribution < 1.29 is 8.78 Å². The Bertz CT molecular complexity index is 72.9. The van der Waals surface area contributed by atoms with Gasteiger partial charge in [0.05, 0.1) is 5.88 Å². The lowest BCUT2D eigenvalue weighted by molar-refractivity contribution is 0.135. The van der Waals surface area contributed by atoms with Crippen LogP contribution in [0.2, 0.25) is 0 Å². The summed E-state index contributed by atoms with van der Waals surface area (Å²) < 4.78 is 20.8. The minimum Gasteiger partial charge on any atom is -0.207 e. The Morgan fingerprint density at radius 2 is 1.75 bits per heavy atom. The molecule has 0 aliphatic carbocycles. The van der Waals surface area contributed by atoms with E-state index in [0.29, 0.717) is 0 Å². The van der Waals surface area contributed by atoms with Crippen LogP contribution in [-0.2, 0) is 0 Å². The molecule has 5 heteroatoms. The molecule has 0 aliphatic heterocycles. The van der Waals surface area contributed by atoms with Crippen molar-refractivity contribution in [3.8, 4) is 0 Å². The third-order valence-corrected chi connectivity index (χ3v) is 1.79. The van der Waals surface area contributed by atoms with Gasteiger partial charge in [0.25, 0.3) is 6.43 Å². The monoisotopic (exact) mass is 182 g/mol. The van der Waals surface area contributed by atoms with Crippen LogP contribution in [-0.4, -0.2) is 16.6 Å². The fourth-order valence-electron chi connectivity index (χ4n) is 0.0583. The largest absolute Gasteiger partial charge is 0.272 e. The van der Waals surface area contributed by atoms with Gasteiger partial charge in [0.1, 0.15) is 0 Å². The Morgan fingerprint density at radius 1 is 1.38 bits per heavy atom. The van der Waals surface area contributed by atoms with Gasteiger partial charge in [-0.1, -0.05) is 23.2 Å². The first-order valence-electron chi connectivity index (χ1n) is 1.72. The summed E-state index contributed by atoms with van der Waals surface area (Å²) in [7, 11) is 0. The molecule has 0 aromatic heterocycles. The van der Waals surface area contributed by atoms with Gasteiger partial charge in [0, 0.05) is 0 Å². The average Bonchev–Trinajstić information content (AvgIpc) is 1.67. The van der Waals surface area contributed by atoms with Gasteiger partial charge in [-0.25, -0.2) is 8.78 Å². The van der Waals surface area contributed by atoms with Gasteiger partial charge in [0.2, 0.25) is 0 Å². The maximum absolute atomic E-state index is 11.5. The molecule has 0 heterocycles. The highest BCUT2D eigenvalue weighted by molar-refractivity contribution is 6.51. The molecule has 0 aromatic rings. The molecule has 50 valence electrons. The molecule has 0 N–H and O–H groups in total. The first-order valence-corrected chi connectivity index (χ1v) is 3.01. The van der Waals surface area contributed by atoms with Crippen molar-refractivity contribution in [1.82, 2.24) is 0 Å². The number of hydrogen-bond acceptors (Lipinski definition) is 0. The van der Waals surface area contributed by atoms with Crippen molar-refractivity contribution in [2.75, 3.05) is 5.88 Å². The van der Waals surface area contributed by atoms with Crippen molar-refractivity contribution in [2.24, 2.45) is 0 Å². The maximum atomic E-state index is 11.5. The molecule has 0 spiro atoms. The summed E-state index contributed by atoms with van der Waals surface area (Å²) in [6.45, 7) is 0. The number of halogens is 5. The normalized spacial score (nSPS) is 12.8. The van der Waals surface area contributed by atoms with Crippen LogP contribution in [0.1, 0.15) is 0 Å². The van der Waals surface area contributed by atoms with Crippen LogP contribution in [0, 0.1) is 0 Å².